The van der Waals surface area contributed by atoms with E-state index >= 15 is 0 Å². The number of guanidine groups is 1. The highest BCUT2D eigenvalue weighted by molar-refractivity contribution is 7.09. The number of rotatable bonds is 7. The number of hydrogen-bond donors (Lipinski definition) is 2. The molecule has 124 valence electrons. The van der Waals surface area contributed by atoms with Crippen molar-refractivity contribution in [1.82, 2.24) is 15.6 Å². The molecule has 0 aliphatic heterocycles. The minimum Gasteiger partial charge on any atom is -0.356 e. The molecule has 5 heteroatoms. The van der Waals surface area contributed by atoms with Gasteiger partial charge in [-0.2, -0.15) is 0 Å². The van der Waals surface area contributed by atoms with Gasteiger partial charge in [0.15, 0.2) is 5.96 Å². The third kappa shape index (κ3) is 6.40. The van der Waals surface area contributed by atoms with Gasteiger partial charge in [0.25, 0.3) is 0 Å². The van der Waals surface area contributed by atoms with E-state index in [4.69, 9.17) is 0 Å². The fourth-order valence-electron chi connectivity index (χ4n) is 2.31. The van der Waals surface area contributed by atoms with Gasteiger partial charge in [-0.3, -0.25) is 9.98 Å². The molecule has 0 fully saturated rings. The summed E-state index contributed by atoms with van der Waals surface area (Å²) >= 11 is 1.82. The molecule has 2 aromatic rings. The van der Waals surface area contributed by atoms with Crippen molar-refractivity contribution in [1.29, 1.82) is 0 Å². The Kier molecular flexibility index (Phi) is 7.07. The summed E-state index contributed by atoms with van der Waals surface area (Å²) in [7, 11) is 1.81. The molecule has 4 nitrogen and oxygen atoms in total. The van der Waals surface area contributed by atoms with Crippen molar-refractivity contribution in [3.05, 3.63) is 52.0 Å². The maximum Gasteiger partial charge on any atom is 0.190 e. The largest absolute Gasteiger partial charge is 0.356 e. The Morgan fingerprint density at radius 2 is 2.17 bits per heavy atom. The summed E-state index contributed by atoms with van der Waals surface area (Å²) in [6, 6.07) is 8.49. The maximum atomic E-state index is 4.32. The van der Waals surface area contributed by atoms with Gasteiger partial charge in [-0.1, -0.05) is 19.1 Å². The Labute approximate surface area is 143 Å². The molecule has 0 saturated heterocycles. The minimum atomic E-state index is 0.577. The van der Waals surface area contributed by atoms with E-state index in [2.05, 4.69) is 57.2 Å². The first-order chi connectivity index (χ1) is 11.2. The van der Waals surface area contributed by atoms with Crippen molar-refractivity contribution in [3.8, 4) is 0 Å². The molecule has 0 aliphatic rings. The molecular weight excluding hydrogens is 304 g/mol. The van der Waals surface area contributed by atoms with Crippen molar-refractivity contribution < 1.29 is 0 Å². The molecule has 2 aromatic heterocycles. The number of hydrogen-bond acceptors (Lipinski definition) is 3. The second-order valence-electron chi connectivity index (χ2n) is 5.83. The zero-order valence-electron chi connectivity index (χ0n) is 14.2. The topological polar surface area (TPSA) is 49.3 Å². The number of pyridine rings is 1. The summed E-state index contributed by atoms with van der Waals surface area (Å²) in [6.07, 6.45) is 3.99. The van der Waals surface area contributed by atoms with Crippen LogP contribution in [0.3, 0.4) is 0 Å². The van der Waals surface area contributed by atoms with Crippen LogP contribution in [0, 0.1) is 12.8 Å². The van der Waals surface area contributed by atoms with Gasteiger partial charge in [-0.05, 0) is 48.8 Å². The van der Waals surface area contributed by atoms with Crippen molar-refractivity contribution >= 4 is 17.3 Å². The lowest BCUT2D eigenvalue weighted by Gasteiger charge is -2.15. The predicted octanol–water partition coefficient (Wildman–Crippen LogP) is 3.04. The molecule has 2 N–H and O–H groups in total. The lowest BCUT2D eigenvalue weighted by Crippen LogP contribution is -2.40. The summed E-state index contributed by atoms with van der Waals surface area (Å²) in [5.74, 6) is 1.44. The lowest BCUT2D eigenvalue weighted by atomic mass is 10.1. The molecule has 0 amide bonds. The maximum absolute atomic E-state index is 4.32. The second-order valence-corrected chi connectivity index (χ2v) is 6.86. The van der Waals surface area contributed by atoms with Crippen molar-refractivity contribution in [2.45, 2.75) is 26.7 Å². The van der Waals surface area contributed by atoms with Crippen molar-refractivity contribution in [2.75, 3.05) is 20.1 Å². The first-order valence-electron chi connectivity index (χ1n) is 8.06. The van der Waals surface area contributed by atoms with Crippen LogP contribution in [0.1, 0.15) is 23.1 Å². The Morgan fingerprint density at radius 1 is 1.30 bits per heavy atom. The molecule has 0 saturated carbocycles. The molecule has 0 bridgehead atoms. The van der Waals surface area contributed by atoms with Gasteiger partial charge < -0.3 is 10.6 Å². The number of thiophene rings is 1. The molecule has 0 aromatic carbocycles. The molecule has 23 heavy (non-hydrogen) atoms. The van der Waals surface area contributed by atoms with Gasteiger partial charge in [0.1, 0.15) is 0 Å². The van der Waals surface area contributed by atoms with E-state index in [0.29, 0.717) is 5.92 Å². The monoisotopic (exact) mass is 330 g/mol. The number of aliphatic imine (C=N–C) groups is 1. The van der Waals surface area contributed by atoms with Crippen LogP contribution >= 0.6 is 11.3 Å². The standard InChI is InChI=1S/C18H26N4S/c1-14(11-17-5-4-10-23-17)12-22-18(19-3)20-9-8-16-7-6-15(2)21-13-16/h4-7,10,13-14H,8-9,11-12H2,1-3H3,(H2,19,20,22). The SMILES string of the molecule is CN=C(NCCc1ccc(C)nc1)NCC(C)Cc1cccs1. The quantitative estimate of drug-likeness (QED) is 0.606. The van der Waals surface area contributed by atoms with E-state index in [1.807, 2.05) is 31.5 Å². The van der Waals surface area contributed by atoms with Crippen LogP contribution in [0.4, 0.5) is 0 Å². The number of aryl methyl sites for hydroxylation is 1. The molecular formula is C18H26N4S. The van der Waals surface area contributed by atoms with E-state index in [9.17, 15) is 0 Å². The van der Waals surface area contributed by atoms with E-state index in [1.165, 1.54) is 10.4 Å². The predicted molar refractivity (Wildman–Crippen MR) is 99.2 cm³/mol. The summed E-state index contributed by atoms with van der Waals surface area (Å²) in [5, 5.41) is 8.90. The van der Waals surface area contributed by atoms with Crippen LogP contribution in [0.2, 0.25) is 0 Å². The Morgan fingerprint density at radius 3 is 2.83 bits per heavy atom. The molecule has 1 atom stereocenters. The van der Waals surface area contributed by atoms with Gasteiger partial charge in [0.2, 0.25) is 0 Å². The van der Waals surface area contributed by atoms with Crippen LogP contribution in [0.5, 0.6) is 0 Å². The van der Waals surface area contributed by atoms with E-state index in [-0.39, 0.29) is 0 Å². The van der Waals surface area contributed by atoms with Crippen LogP contribution in [0.25, 0.3) is 0 Å². The molecule has 2 heterocycles. The van der Waals surface area contributed by atoms with Crippen molar-refractivity contribution in [2.24, 2.45) is 10.9 Å². The molecule has 0 spiro atoms. The van der Waals surface area contributed by atoms with Crippen LogP contribution in [-0.4, -0.2) is 31.1 Å². The number of aromatic nitrogens is 1. The highest BCUT2D eigenvalue weighted by Gasteiger charge is 2.06. The zero-order valence-corrected chi connectivity index (χ0v) is 15.0. The van der Waals surface area contributed by atoms with E-state index < -0.39 is 0 Å². The highest BCUT2D eigenvalue weighted by Crippen LogP contribution is 2.13. The lowest BCUT2D eigenvalue weighted by molar-refractivity contribution is 0.562. The summed E-state index contributed by atoms with van der Waals surface area (Å²) in [5.41, 5.74) is 2.29. The third-order valence-electron chi connectivity index (χ3n) is 3.65. The van der Waals surface area contributed by atoms with Crippen LogP contribution in [-0.2, 0) is 12.8 Å². The molecule has 2 rings (SSSR count). The highest BCUT2D eigenvalue weighted by atomic mass is 32.1. The Balaban J connectivity index is 1.67. The Bertz CT molecular complexity index is 590. The molecule has 0 aliphatic carbocycles. The van der Waals surface area contributed by atoms with Gasteiger partial charge >= 0.3 is 0 Å². The molecule has 1 unspecified atom stereocenters. The average Bonchev–Trinajstić information content (AvgIpc) is 3.05. The Hall–Kier alpha value is -1.88. The average molecular weight is 331 g/mol. The van der Waals surface area contributed by atoms with Crippen LogP contribution in [0.15, 0.2) is 40.8 Å². The zero-order chi connectivity index (χ0) is 16.5. The van der Waals surface area contributed by atoms with Gasteiger partial charge in [0.05, 0.1) is 0 Å². The first-order valence-corrected chi connectivity index (χ1v) is 8.93. The number of nitrogens with one attached hydrogen (secondary N) is 2. The van der Waals surface area contributed by atoms with Gasteiger partial charge in [0, 0.05) is 36.9 Å². The summed E-state index contributed by atoms with van der Waals surface area (Å²) < 4.78 is 0. The number of nitrogens with zero attached hydrogens (tertiary/aromatic N) is 2. The second kappa shape index (κ2) is 9.30. The first kappa shape index (κ1) is 17.5. The normalized spacial score (nSPS) is 12.9. The summed E-state index contributed by atoms with van der Waals surface area (Å²) in [6.45, 7) is 6.04. The smallest absolute Gasteiger partial charge is 0.190 e. The molecule has 0 radical (unpaired) electrons. The minimum absolute atomic E-state index is 0.577. The van der Waals surface area contributed by atoms with Crippen LogP contribution < -0.4 is 10.6 Å². The fraction of sp³-hybridized carbons (Fsp3) is 0.444. The fourth-order valence-corrected chi connectivity index (χ4v) is 3.18. The summed E-state index contributed by atoms with van der Waals surface area (Å²) in [4.78, 5) is 10.0. The van der Waals surface area contributed by atoms with Gasteiger partial charge in [-0.15, -0.1) is 11.3 Å². The van der Waals surface area contributed by atoms with E-state index in [1.54, 1.807) is 0 Å². The van der Waals surface area contributed by atoms with Crippen molar-refractivity contribution in [3.63, 3.8) is 0 Å². The third-order valence-corrected chi connectivity index (χ3v) is 4.55. The van der Waals surface area contributed by atoms with E-state index in [0.717, 1.165) is 37.6 Å². The van der Waals surface area contributed by atoms with Gasteiger partial charge in [-0.25, -0.2) is 0 Å².